The Kier molecular flexibility index (Phi) is 4.83. The maximum Gasteiger partial charge on any atom is 0.317 e. The van der Waals surface area contributed by atoms with E-state index in [1.165, 1.54) is 0 Å². The molecule has 0 radical (unpaired) electrons. The molecule has 2 N–H and O–H groups in total. The first-order valence-corrected chi connectivity index (χ1v) is 8.17. The summed E-state index contributed by atoms with van der Waals surface area (Å²) in [6.07, 6.45) is 10.6. The van der Waals surface area contributed by atoms with Gasteiger partial charge in [0.25, 0.3) is 0 Å². The molecule has 2 amide bonds. The number of rotatable bonds is 4. The lowest BCUT2D eigenvalue weighted by atomic mass is 10.0. The molecule has 5 heteroatoms. The average molecular weight is 304 g/mol. The van der Waals surface area contributed by atoms with E-state index in [1.54, 1.807) is 18.4 Å². The Morgan fingerprint density at radius 3 is 3.09 bits per heavy atom. The van der Waals surface area contributed by atoms with E-state index < -0.39 is 6.10 Å². The summed E-state index contributed by atoms with van der Waals surface area (Å²) in [5.41, 5.74) is 0. The highest BCUT2D eigenvalue weighted by atomic mass is 16.4. The molecule has 0 bridgehead atoms. The number of hydrogen-bond donors (Lipinski definition) is 2. The van der Waals surface area contributed by atoms with E-state index in [9.17, 15) is 9.90 Å². The van der Waals surface area contributed by atoms with Crippen LogP contribution >= 0.6 is 0 Å². The highest BCUT2D eigenvalue weighted by molar-refractivity contribution is 5.75. The molecule has 3 rings (SSSR count). The highest BCUT2D eigenvalue weighted by Gasteiger charge is 2.32. The number of carbonyl (C=O) groups excluding carboxylic acids is 1. The second-order valence-electron chi connectivity index (χ2n) is 6.19. The second kappa shape index (κ2) is 7.01. The zero-order valence-corrected chi connectivity index (χ0v) is 12.8. The number of allylic oxidation sites excluding steroid dienone is 1. The Balaban J connectivity index is 1.55. The minimum Gasteiger partial charge on any atom is -0.467 e. The molecule has 3 unspecified atom stereocenters. The lowest BCUT2D eigenvalue weighted by molar-refractivity contribution is 0.107. The molecule has 1 fully saturated rings. The number of urea groups is 1. The maximum absolute atomic E-state index is 12.5. The van der Waals surface area contributed by atoms with Crippen molar-refractivity contribution in [3.05, 3.63) is 36.3 Å². The van der Waals surface area contributed by atoms with Crippen LogP contribution in [0.1, 0.15) is 50.4 Å². The fraction of sp³-hybridized carbons (Fsp3) is 0.588. The predicted octanol–water partition coefficient (Wildman–Crippen LogP) is 2.99. The number of carbonyl (C=O) groups is 1. The van der Waals surface area contributed by atoms with E-state index in [0.717, 1.165) is 38.6 Å². The fourth-order valence-corrected chi connectivity index (χ4v) is 3.39. The number of furan rings is 1. The van der Waals surface area contributed by atoms with Gasteiger partial charge < -0.3 is 19.7 Å². The van der Waals surface area contributed by atoms with Crippen LogP contribution in [0, 0.1) is 0 Å². The largest absolute Gasteiger partial charge is 0.467 e. The Labute approximate surface area is 131 Å². The number of aliphatic hydroxyl groups is 1. The topological polar surface area (TPSA) is 65.7 Å². The third kappa shape index (κ3) is 3.53. The van der Waals surface area contributed by atoms with Gasteiger partial charge in [-0.05, 0) is 44.2 Å². The summed E-state index contributed by atoms with van der Waals surface area (Å²) in [4.78, 5) is 14.4. The van der Waals surface area contributed by atoms with Crippen LogP contribution in [-0.4, -0.2) is 34.7 Å². The van der Waals surface area contributed by atoms with E-state index in [0.29, 0.717) is 12.2 Å². The first-order valence-electron chi connectivity index (χ1n) is 8.17. The summed E-state index contributed by atoms with van der Waals surface area (Å²) in [5.74, 6) is 0.574. The summed E-state index contributed by atoms with van der Waals surface area (Å²) in [6, 6.07) is 3.88. The molecule has 1 aromatic rings. The van der Waals surface area contributed by atoms with E-state index >= 15 is 0 Å². The van der Waals surface area contributed by atoms with Crippen molar-refractivity contribution >= 4 is 6.03 Å². The molecule has 1 aromatic heterocycles. The summed E-state index contributed by atoms with van der Waals surface area (Å²) in [5, 5.41) is 13.4. The number of likely N-dealkylation sites (tertiary alicyclic amines) is 1. The number of aliphatic hydroxyl groups excluding tert-OH is 1. The van der Waals surface area contributed by atoms with Crippen molar-refractivity contribution in [3.63, 3.8) is 0 Å². The molecule has 120 valence electrons. The Morgan fingerprint density at radius 1 is 1.45 bits per heavy atom. The summed E-state index contributed by atoms with van der Waals surface area (Å²) in [6.45, 7) is 0.768. The van der Waals surface area contributed by atoms with Crippen LogP contribution in [0.3, 0.4) is 0 Å². The highest BCUT2D eigenvalue weighted by Crippen LogP contribution is 2.27. The van der Waals surface area contributed by atoms with Gasteiger partial charge >= 0.3 is 6.03 Å². The molecule has 0 aromatic carbocycles. The van der Waals surface area contributed by atoms with E-state index in [-0.39, 0.29) is 18.1 Å². The first kappa shape index (κ1) is 15.2. The summed E-state index contributed by atoms with van der Waals surface area (Å²) >= 11 is 0. The molecular formula is C17H24N2O3. The van der Waals surface area contributed by atoms with Gasteiger partial charge in [0, 0.05) is 25.0 Å². The Bertz CT molecular complexity index is 512. The van der Waals surface area contributed by atoms with Crippen LogP contribution in [0.4, 0.5) is 4.79 Å². The second-order valence-corrected chi connectivity index (χ2v) is 6.19. The number of amides is 2. The average Bonchev–Trinajstić information content (AvgIpc) is 3.19. The SMILES string of the molecule is O=C(NC1CC=CCC1)N1CCCC1CC(O)c1ccco1. The smallest absolute Gasteiger partial charge is 0.317 e. The lowest BCUT2D eigenvalue weighted by Crippen LogP contribution is -2.47. The zero-order chi connectivity index (χ0) is 15.4. The molecule has 2 heterocycles. The number of nitrogens with one attached hydrogen (secondary N) is 1. The predicted molar refractivity (Wildman–Crippen MR) is 83.3 cm³/mol. The molecule has 22 heavy (non-hydrogen) atoms. The zero-order valence-electron chi connectivity index (χ0n) is 12.8. The number of hydrogen-bond acceptors (Lipinski definition) is 3. The minimum absolute atomic E-state index is 0.00875. The fourth-order valence-electron chi connectivity index (χ4n) is 3.39. The van der Waals surface area contributed by atoms with Crippen LogP contribution in [-0.2, 0) is 0 Å². The van der Waals surface area contributed by atoms with Gasteiger partial charge in [-0.3, -0.25) is 0 Å². The van der Waals surface area contributed by atoms with Gasteiger partial charge in [0.2, 0.25) is 0 Å². The molecular weight excluding hydrogens is 280 g/mol. The van der Waals surface area contributed by atoms with Crippen molar-refractivity contribution in [1.82, 2.24) is 10.2 Å². The summed E-state index contributed by atoms with van der Waals surface area (Å²) in [7, 11) is 0. The van der Waals surface area contributed by atoms with Crippen molar-refractivity contribution in [1.29, 1.82) is 0 Å². The van der Waals surface area contributed by atoms with Gasteiger partial charge in [-0.2, -0.15) is 0 Å². The molecule has 1 aliphatic carbocycles. The van der Waals surface area contributed by atoms with Crippen LogP contribution < -0.4 is 5.32 Å². The van der Waals surface area contributed by atoms with Crippen molar-refractivity contribution in [2.24, 2.45) is 0 Å². The molecule has 1 saturated heterocycles. The molecule has 3 atom stereocenters. The van der Waals surface area contributed by atoms with Crippen molar-refractivity contribution in [3.8, 4) is 0 Å². The van der Waals surface area contributed by atoms with Gasteiger partial charge in [0.05, 0.1) is 6.26 Å². The normalized spacial score (nSPS) is 26.1. The van der Waals surface area contributed by atoms with E-state index in [2.05, 4.69) is 17.5 Å². The van der Waals surface area contributed by atoms with Crippen LogP contribution in [0.5, 0.6) is 0 Å². The van der Waals surface area contributed by atoms with Gasteiger partial charge in [0.1, 0.15) is 11.9 Å². The minimum atomic E-state index is -0.647. The van der Waals surface area contributed by atoms with Crippen LogP contribution in [0.15, 0.2) is 35.0 Å². The van der Waals surface area contributed by atoms with E-state index in [4.69, 9.17) is 4.42 Å². The van der Waals surface area contributed by atoms with Crippen LogP contribution in [0.25, 0.3) is 0 Å². The molecule has 0 saturated carbocycles. The molecule has 0 spiro atoms. The Hall–Kier alpha value is -1.75. The van der Waals surface area contributed by atoms with Crippen molar-refractivity contribution in [2.75, 3.05) is 6.54 Å². The molecule has 1 aliphatic heterocycles. The van der Waals surface area contributed by atoms with Gasteiger partial charge in [-0.1, -0.05) is 12.2 Å². The van der Waals surface area contributed by atoms with Gasteiger partial charge in [-0.15, -0.1) is 0 Å². The van der Waals surface area contributed by atoms with E-state index in [1.807, 2.05) is 4.90 Å². The van der Waals surface area contributed by atoms with Crippen molar-refractivity contribution in [2.45, 2.75) is 56.7 Å². The summed E-state index contributed by atoms with van der Waals surface area (Å²) < 4.78 is 5.25. The number of nitrogens with zero attached hydrogens (tertiary/aromatic N) is 1. The molecule has 2 aliphatic rings. The third-order valence-corrected chi connectivity index (χ3v) is 4.60. The lowest BCUT2D eigenvalue weighted by Gasteiger charge is -2.29. The monoisotopic (exact) mass is 304 g/mol. The third-order valence-electron chi connectivity index (χ3n) is 4.60. The van der Waals surface area contributed by atoms with Gasteiger partial charge in [-0.25, -0.2) is 4.79 Å². The quantitative estimate of drug-likeness (QED) is 0.840. The van der Waals surface area contributed by atoms with Crippen LogP contribution in [0.2, 0.25) is 0 Å². The standard InChI is InChI=1S/C17H24N2O3/c20-15(16-9-5-11-22-16)12-14-8-4-10-19(14)17(21)18-13-6-2-1-3-7-13/h1-2,5,9,11,13-15,20H,3-4,6-8,10,12H2,(H,18,21). The maximum atomic E-state index is 12.5. The Morgan fingerprint density at radius 2 is 2.36 bits per heavy atom. The molecule has 5 nitrogen and oxygen atoms in total. The van der Waals surface area contributed by atoms with Gasteiger partial charge in [0.15, 0.2) is 0 Å². The van der Waals surface area contributed by atoms with Crippen molar-refractivity contribution < 1.29 is 14.3 Å². The first-order chi connectivity index (χ1) is 10.7.